The van der Waals surface area contributed by atoms with E-state index in [0.29, 0.717) is 5.92 Å². The molecular formula is C23H30. The molecule has 0 fully saturated rings. The second kappa shape index (κ2) is 6.74. The third-order valence-electron chi connectivity index (χ3n) is 5.56. The minimum Gasteiger partial charge on any atom is -0.103 e. The van der Waals surface area contributed by atoms with Gasteiger partial charge in [0.1, 0.15) is 0 Å². The van der Waals surface area contributed by atoms with Crippen molar-refractivity contribution < 1.29 is 0 Å². The van der Waals surface area contributed by atoms with Crippen molar-refractivity contribution in [2.24, 2.45) is 5.41 Å². The highest BCUT2D eigenvalue weighted by molar-refractivity contribution is 5.82. The van der Waals surface area contributed by atoms with E-state index in [0.717, 1.165) is 12.8 Å². The lowest BCUT2D eigenvalue weighted by Crippen LogP contribution is -2.13. The monoisotopic (exact) mass is 306 g/mol. The zero-order chi connectivity index (χ0) is 17.2. The highest BCUT2D eigenvalue weighted by atomic mass is 14.3. The average Bonchev–Trinajstić information content (AvgIpc) is 2.52. The third-order valence-corrected chi connectivity index (χ3v) is 5.56. The van der Waals surface area contributed by atoms with Crippen molar-refractivity contribution in [1.82, 2.24) is 0 Å². The van der Waals surface area contributed by atoms with Crippen molar-refractivity contribution in [3.05, 3.63) is 77.4 Å². The first-order valence-electron chi connectivity index (χ1n) is 8.56. The van der Waals surface area contributed by atoms with E-state index in [1.54, 1.807) is 0 Å². The van der Waals surface area contributed by atoms with Crippen LogP contribution in [0.5, 0.6) is 0 Å². The molecule has 1 atom stereocenters. The topological polar surface area (TPSA) is 0 Å². The zero-order valence-corrected chi connectivity index (χ0v) is 15.4. The van der Waals surface area contributed by atoms with E-state index >= 15 is 0 Å². The van der Waals surface area contributed by atoms with E-state index in [2.05, 4.69) is 78.1 Å². The van der Waals surface area contributed by atoms with Crippen LogP contribution < -0.4 is 0 Å². The minimum absolute atomic E-state index is 0.184. The molecule has 0 radical (unpaired) electrons. The molecule has 0 saturated carbocycles. The van der Waals surface area contributed by atoms with Crippen LogP contribution in [0.1, 0.15) is 64.5 Å². The largest absolute Gasteiger partial charge is 0.103 e. The second-order valence-corrected chi connectivity index (χ2v) is 7.41. The Hall–Kier alpha value is -1.82. The van der Waals surface area contributed by atoms with Gasteiger partial charge in [-0.15, -0.1) is 6.58 Å². The van der Waals surface area contributed by atoms with E-state index in [1.165, 1.54) is 33.4 Å². The van der Waals surface area contributed by atoms with Gasteiger partial charge in [0.25, 0.3) is 0 Å². The molecule has 1 aromatic rings. The summed E-state index contributed by atoms with van der Waals surface area (Å²) < 4.78 is 0. The fourth-order valence-corrected chi connectivity index (χ4v) is 3.45. The first kappa shape index (κ1) is 17.5. The lowest BCUT2D eigenvalue weighted by atomic mass is 9.75. The van der Waals surface area contributed by atoms with Gasteiger partial charge >= 0.3 is 0 Å². The van der Waals surface area contributed by atoms with Gasteiger partial charge in [-0.05, 0) is 54.4 Å². The average molecular weight is 306 g/mol. The van der Waals surface area contributed by atoms with Crippen LogP contribution in [-0.2, 0) is 0 Å². The van der Waals surface area contributed by atoms with E-state index in [9.17, 15) is 0 Å². The van der Waals surface area contributed by atoms with Crippen molar-refractivity contribution >= 4 is 5.57 Å². The molecule has 0 spiro atoms. The zero-order valence-electron chi connectivity index (χ0n) is 15.4. The van der Waals surface area contributed by atoms with E-state index in [4.69, 9.17) is 0 Å². The molecule has 122 valence electrons. The molecule has 23 heavy (non-hydrogen) atoms. The fraction of sp³-hybridized carbons (Fsp3) is 0.391. The first-order valence-corrected chi connectivity index (χ1v) is 8.56. The number of hydrogen-bond acceptors (Lipinski definition) is 0. The van der Waals surface area contributed by atoms with Gasteiger partial charge in [-0.3, -0.25) is 0 Å². The summed E-state index contributed by atoms with van der Waals surface area (Å²) in [5.74, 6) is 0.461. The van der Waals surface area contributed by atoms with Crippen molar-refractivity contribution in [3.63, 3.8) is 0 Å². The summed E-state index contributed by atoms with van der Waals surface area (Å²) in [5, 5.41) is 0. The highest BCUT2D eigenvalue weighted by Gasteiger charge is 2.25. The molecule has 0 heterocycles. The number of benzene rings is 1. The standard InChI is InChI=1S/C23H30/c1-8-15-23(6,7)16(2)13-14-20-17(3)18(4)21-11-9-10-12-22(21)19(20)5/h8-13,19H,1,4,14-15H2,2-3,5-7H3/b16-13+. The molecule has 1 unspecified atom stereocenters. The molecule has 1 aromatic carbocycles. The van der Waals surface area contributed by atoms with Crippen LogP contribution in [0.25, 0.3) is 5.57 Å². The summed E-state index contributed by atoms with van der Waals surface area (Å²) in [6.45, 7) is 19.6. The van der Waals surface area contributed by atoms with Gasteiger partial charge in [-0.2, -0.15) is 0 Å². The maximum Gasteiger partial charge on any atom is 0.00350 e. The second-order valence-electron chi connectivity index (χ2n) is 7.41. The number of fused-ring (bicyclic) bond motifs is 1. The molecule has 0 aromatic heterocycles. The van der Waals surface area contributed by atoms with Gasteiger partial charge in [0.2, 0.25) is 0 Å². The Bertz CT molecular complexity index is 680. The van der Waals surface area contributed by atoms with E-state index in [1.807, 2.05) is 6.08 Å². The molecule has 0 aliphatic heterocycles. The van der Waals surface area contributed by atoms with Crippen molar-refractivity contribution in [2.45, 2.75) is 53.4 Å². The third kappa shape index (κ3) is 3.42. The smallest absolute Gasteiger partial charge is 0.00350 e. The number of allylic oxidation sites excluding steroid dienone is 6. The predicted molar refractivity (Wildman–Crippen MR) is 104 cm³/mol. The highest BCUT2D eigenvalue weighted by Crippen LogP contribution is 2.43. The van der Waals surface area contributed by atoms with E-state index in [-0.39, 0.29) is 5.41 Å². The van der Waals surface area contributed by atoms with Crippen LogP contribution in [0.2, 0.25) is 0 Å². The summed E-state index contributed by atoms with van der Waals surface area (Å²) in [6.07, 6.45) is 6.44. The van der Waals surface area contributed by atoms with Crippen LogP contribution in [-0.4, -0.2) is 0 Å². The van der Waals surface area contributed by atoms with Crippen LogP contribution in [0, 0.1) is 5.41 Å². The molecule has 0 saturated heterocycles. The lowest BCUT2D eigenvalue weighted by Gasteiger charge is -2.30. The van der Waals surface area contributed by atoms with Crippen LogP contribution in [0.4, 0.5) is 0 Å². The summed E-state index contributed by atoms with van der Waals surface area (Å²) in [6, 6.07) is 8.69. The van der Waals surface area contributed by atoms with Crippen molar-refractivity contribution in [3.8, 4) is 0 Å². The molecule has 0 amide bonds. The first-order chi connectivity index (χ1) is 10.8. The Balaban J connectivity index is 2.32. The summed E-state index contributed by atoms with van der Waals surface area (Å²) >= 11 is 0. The van der Waals surface area contributed by atoms with Crippen LogP contribution >= 0.6 is 0 Å². The SMILES string of the molecule is C=CCC(C)(C)/C(C)=C/CC1=C(C)C(=C)c2ccccc2C1C. The maximum absolute atomic E-state index is 4.33. The molecule has 0 nitrogen and oxygen atoms in total. The predicted octanol–water partition coefficient (Wildman–Crippen LogP) is 7.07. The molecule has 0 heteroatoms. The Morgan fingerprint density at radius 1 is 1.26 bits per heavy atom. The summed E-state index contributed by atoms with van der Waals surface area (Å²) in [7, 11) is 0. The Morgan fingerprint density at radius 2 is 1.91 bits per heavy atom. The number of hydrogen-bond donors (Lipinski definition) is 0. The molecular weight excluding hydrogens is 276 g/mol. The van der Waals surface area contributed by atoms with Crippen molar-refractivity contribution in [1.29, 1.82) is 0 Å². The summed E-state index contributed by atoms with van der Waals surface area (Å²) in [5.41, 5.74) is 8.40. The van der Waals surface area contributed by atoms with Gasteiger partial charge in [-0.1, -0.05) is 74.9 Å². The molecule has 0 bridgehead atoms. The van der Waals surface area contributed by atoms with Gasteiger partial charge < -0.3 is 0 Å². The fourth-order valence-electron chi connectivity index (χ4n) is 3.45. The van der Waals surface area contributed by atoms with Gasteiger partial charge in [0, 0.05) is 5.92 Å². The molecule has 0 N–H and O–H groups in total. The Kier molecular flexibility index (Phi) is 5.14. The van der Waals surface area contributed by atoms with Crippen molar-refractivity contribution in [2.75, 3.05) is 0 Å². The van der Waals surface area contributed by atoms with Gasteiger partial charge in [0.15, 0.2) is 0 Å². The van der Waals surface area contributed by atoms with Crippen LogP contribution in [0.15, 0.2) is 66.3 Å². The maximum atomic E-state index is 4.33. The number of rotatable bonds is 5. The molecule has 1 aliphatic rings. The molecule has 2 rings (SSSR count). The summed E-state index contributed by atoms with van der Waals surface area (Å²) in [4.78, 5) is 0. The van der Waals surface area contributed by atoms with Gasteiger partial charge in [0.05, 0.1) is 0 Å². The Morgan fingerprint density at radius 3 is 2.57 bits per heavy atom. The van der Waals surface area contributed by atoms with Crippen LogP contribution in [0.3, 0.4) is 0 Å². The quantitative estimate of drug-likeness (QED) is 0.510. The Labute approximate surface area is 142 Å². The van der Waals surface area contributed by atoms with Gasteiger partial charge in [-0.25, -0.2) is 0 Å². The molecule has 1 aliphatic carbocycles. The normalized spacial score (nSPS) is 18.9. The minimum atomic E-state index is 0.184. The van der Waals surface area contributed by atoms with E-state index < -0.39 is 0 Å². The lowest BCUT2D eigenvalue weighted by molar-refractivity contribution is 0.452.